The van der Waals surface area contributed by atoms with Crippen LogP contribution in [0.25, 0.3) is 11.0 Å². The third kappa shape index (κ3) is 4.41. The van der Waals surface area contributed by atoms with Gasteiger partial charge < -0.3 is 20.1 Å². The molecule has 1 unspecified atom stereocenters. The van der Waals surface area contributed by atoms with Crippen LogP contribution in [0.15, 0.2) is 73.1 Å². The molecule has 6 rings (SSSR count). The number of hydrogen-bond donors (Lipinski definition) is 3. The van der Waals surface area contributed by atoms with Crippen LogP contribution in [0.3, 0.4) is 0 Å². The zero-order chi connectivity index (χ0) is 26.2. The number of carboxylic acid groups (broad SMARTS) is 1. The van der Waals surface area contributed by atoms with Gasteiger partial charge >= 0.3 is 5.97 Å². The van der Waals surface area contributed by atoms with Gasteiger partial charge in [-0.1, -0.05) is 48.0 Å². The number of fused-ring (bicyclic) bond motifs is 3. The lowest BCUT2D eigenvalue weighted by molar-refractivity contribution is -0.144. The van der Waals surface area contributed by atoms with Crippen LogP contribution < -0.4 is 10.1 Å². The van der Waals surface area contributed by atoms with E-state index < -0.39 is 11.5 Å². The van der Waals surface area contributed by atoms with Gasteiger partial charge in [0.2, 0.25) is 0 Å². The molecular weight excluding hydrogens is 498 g/mol. The summed E-state index contributed by atoms with van der Waals surface area (Å²) in [6, 6.07) is 22.0. The number of nitrogens with one attached hydrogen (secondary N) is 2. The van der Waals surface area contributed by atoms with Gasteiger partial charge in [-0.15, -0.1) is 0 Å². The first-order chi connectivity index (χ1) is 18.5. The number of ether oxygens (including phenoxy) is 1. The average Bonchev–Trinajstić information content (AvgIpc) is 3.52. The molecule has 3 N–H and O–H groups in total. The monoisotopic (exact) mass is 529 g/mol. The van der Waals surface area contributed by atoms with Crippen molar-refractivity contribution in [2.45, 2.75) is 55.9 Å². The minimum Gasteiger partial charge on any atom is -0.491 e. The summed E-state index contributed by atoms with van der Waals surface area (Å²) in [6.45, 7) is 0.629. The molecule has 3 aromatic carbocycles. The van der Waals surface area contributed by atoms with E-state index in [0.29, 0.717) is 30.4 Å². The molecule has 1 heterocycles. The molecule has 38 heavy (non-hydrogen) atoms. The normalized spacial score (nSPS) is 24.4. The molecule has 1 aromatic heterocycles. The second-order valence-corrected chi connectivity index (χ2v) is 11.2. The van der Waals surface area contributed by atoms with Gasteiger partial charge in [-0.25, -0.2) is 9.78 Å². The number of hydrogen-bond acceptors (Lipinski definition) is 4. The fraction of sp³-hybridized carbons (Fsp3) is 0.355. The summed E-state index contributed by atoms with van der Waals surface area (Å²) in [6.07, 6.45) is 7.50. The Morgan fingerprint density at radius 1 is 1.08 bits per heavy atom. The summed E-state index contributed by atoms with van der Waals surface area (Å²) in [5.41, 5.74) is 4.41. The molecule has 7 heteroatoms. The molecule has 2 aliphatic carbocycles. The Kier molecular flexibility index (Phi) is 6.52. The van der Waals surface area contributed by atoms with Gasteiger partial charge in [0, 0.05) is 10.7 Å². The highest BCUT2D eigenvalue weighted by Gasteiger charge is 2.53. The number of carboxylic acids is 1. The first-order valence-electron chi connectivity index (χ1n) is 13.4. The van der Waals surface area contributed by atoms with Crippen LogP contribution in [0.5, 0.6) is 5.75 Å². The Balaban J connectivity index is 1.18. The zero-order valence-electron chi connectivity index (χ0n) is 21.3. The molecule has 0 bridgehead atoms. The predicted octanol–water partition coefficient (Wildman–Crippen LogP) is 7.00. The van der Waals surface area contributed by atoms with Crippen LogP contribution in [0.4, 0.5) is 5.69 Å². The number of anilines is 1. The highest BCUT2D eigenvalue weighted by atomic mass is 35.5. The third-order valence-electron chi connectivity index (χ3n) is 8.78. The van der Waals surface area contributed by atoms with Gasteiger partial charge in [-0.3, -0.25) is 0 Å². The largest absolute Gasteiger partial charge is 0.491 e. The first-order valence-corrected chi connectivity index (χ1v) is 13.8. The van der Waals surface area contributed by atoms with Crippen LogP contribution in [0.1, 0.15) is 49.7 Å². The lowest BCUT2D eigenvalue weighted by atomic mass is 9.60. The maximum absolute atomic E-state index is 12.6. The molecule has 1 saturated carbocycles. The number of para-hydroxylation sites is 1. The zero-order valence-corrected chi connectivity index (χ0v) is 22.0. The number of imidazole rings is 1. The Hall–Kier alpha value is -3.51. The molecule has 4 aromatic rings. The third-order valence-corrected chi connectivity index (χ3v) is 9.02. The molecule has 2 aliphatic rings. The molecule has 1 atom stereocenters. The van der Waals surface area contributed by atoms with Gasteiger partial charge in [0.05, 0.1) is 18.5 Å². The summed E-state index contributed by atoms with van der Waals surface area (Å²) in [5, 5.41) is 14.3. The maximum atomic E-state index is 12.6. The van der Waals surface area contributed by atoms with Gasteiger partial charge in [0.15, 0.2) is 0 Å². The summed E-state index contributed by atoms with van der Waals surface area (Å²) in [5.74, 6) is 0.475. The highest BCUT2D eigenvalue weighted by molar-refractivity contribution is 6.30. The summed E-state index contributed by atoms with van der Waals surface area (Å²) < 4.78 is 6.15. The molecule has 0 radical (unpaired) electrons. The van der Waals surface area contributed by atoms with E-state index in [0.717, 1.165) is 54.6 Å². The van der Waals surface area contributed by atoms with Crippen molar-refractivity contribution in [3.05, 3.63) is 89.2 Å². The standard InChI is InChI=1S/C31H32ClN3O3/c32-23-8-3-9-24(19-23)35-31(29(36)37)15-13-30(14-16-31)22(18-21-6-1-2-10-25(21)30)7-5-17-38-27-12-4-11-26-28(27)34-20-33-26/h1-4,6,8-12,19-20,22,35H,5,7,13-18H2,(H,33,34)(H,36,37). The van der Waals surface area contributed by atoms with E-state index in [-0.39, 0.29) is 5.41 Å². The Bertz CT molecular complexity index is 1460. The topological polar surface area (TPSA) is 87.2 Å². The molecule has 0 amide bonds. The van der Waals surface area contributed by atoms with Crippen molar-refractivity contribution in [1.82, 2.24) is 9.97 Å². The van der Waals surface area contributed by atoms with Crippen molar-refractivity contribution in [2.24, 2.45) is 5.92 Å². The van der Waals surface area contributed by atoms with E-state index in [2.05, 4.69) is 39.6 Å². The van der Waals surface area contributed by atoms with Crippen LogP contribution in [-0.2, 0) is 16.6 Å². The average molecular weight is 530 g/mol. The summed E-state index contributed by atoms with van der Waals surface area (Å²) in [4.78, 5) is 20.1. The van der Waals surface area contributed by atoms with Gasteiger partial charge in [0.25, 0.3) is 0 Å². The van der Waals surface area contributed by atoms with Gasteiger partial charge in [-0.05, 0) is 97.7 Å². The molecule has 1 fully saturated rings. The van der Waals surface area contributed by atoms with Crippen LogP contribution in [0, 0.1) is 5.92 Å². The highest BCUT2D eigenvalue weighted by Crippen LogP contribution is 2.55. The number of H-pyrrole nitrogens is 1. The van der Waals surface area contributed by atoms with Crippen molar-refractivity contribution in [3.63, 3.8) is 0 Å². The lowest BCUT2D eigenvalue weighted by Gasteiger charge is -2.47. The molecule has 0 saturated heterocycles. The second-order valence-electron chi connectivity index (χ2n) is 10.8. The fourth-order valence-electron chi connectivity index (χ4n) is 6.85. The van der Waals surface area contributed by atoms with E-state index >= 15 is 0 Å². The minimum absolute atomic E-state index is 0.00619. The minimum atomic E-state index is -0.997. The molecule has 1 spiro atoms. The number of aliphatic carboxylic acids is 1. The number of rotatable bonds is 8. The first kappa shape index (κ1) is 24.8. The van der Waals surface area contributed by atoms with Crippen molar-refractivity contribution in [3.8, 4) is 5.75 Å². The summed E-state index contributed by atoms with van der Waals surface area (Å²) >= 11 is 6.18. The SMILES string of the molecule is O=C(O)C1(Nc2cccc(Cl)c2)CCC2(CC1)c1ccccc1CC2CCCOc1cccc2[nH]cnc12. The van der Waals surface area contributed by atoms with Crippen molar-refractivity contribution < 1.29 is 14.6 Å². The number of halogens is 1. The number of benzene rings is 3. The number of aromatic amines is 1. The predicted molar refractivity (Wildman–Crippen MR) is 150 cm³/mol. The Labute approximate surface area is 227 Å². The Morgan fingerprint density at radius 2 is 1.89 bits per heavy atom. The quantitative estimate of drug-likeness (QED) is 0.214. The number of aromatic nitrogens is 2. The Morgan fingerprint density at radius 3 is 2.71 bits per heavy atom. The van der Waals surface area contributed by atoms with E-state index in [4.69, 9.17) is 16.3 Å². The lowest BCUT2D eigenvalue weighted by Crippen LogP contribution is -2.53. The van der Waals surface area contributed by atoms with E-state index in [1.165, 1.54) is 11.1 Å². The number of carbonyl (C=O) groups is 1. The van der Waals surface area contributed by atoms with E-state index in [9.17, 15) is 9.90 Å². The van der Waals surface area contributed by atoms with Gasteiger partial charge in [0.1, 0.15) is 16.8 Å². The van der Waals surface area contributed by atoms with Crippen LogP contribution in [0.2, 0.25) is 5.02 Å². The second kappa shape index (κ2) is 9.99. The molecule has 6 nitrogen and oxygen atoms in total. The van der Waals surface area contributed by atoms with Crippen molar-refractivity contribution in [1.29, 1.82) is 0 Å². The van der Waals surface area contributed by atoms with E-state index in [1.54, 1.807) is 18.5 Å². The van der Waals surface area contributed by atoms with Gasteiger partial charge in [-0.2, -0.15) is 0 Å². The smallest absolute Gasteiger partial charge is 0.329 e. The molecule has 0 aliphatic heterocycles. The van der Waals surface area contributed by atoms with Crippen LogP contribution >= 0.6 is 11.6 Å². The summed E-state index contributed by atoms with van der Waals surface area (Å²) in [7, 11) is 0. The number of nitrogens with zero attached hydrogens (tertiary/aromatic N) is 1. The van der Waals surface area contributed by atoms with Crippen LogP contribution in [-0.4, -0.2) is 33.2 Å². The molecular formula is C31H32ClN3O3. The molecule has 196 valence electrons. The van der Waals surface area contributed by atoms with E-state index in [1.807, 2.05) is 30.3 Å². The van der Waals surface area contributed by atoms with Crippen molar-refractivity contribution in [2.75, 3.05) is 11.9 Å². The van der Waals surface area contributed by atoms with Crippen molar-refractivity contribution >= 4 is 34.3 Å². The maximum Gasteiger partial charge on any atom is 0.329 e. The fourth-order valence-corrected chi connectivity index (χ4v) is 7.04.